The molecule has 0 fully saturated rings. The van der Waals surface area contributed by atoms with E-state index in [1.165, 1.54) is 24.5 Å². The molecule has 0 aliphatic carbocycles. The topological polar surface area (TPSA) is 87.1 Å². The Morgan fingerprint density at radius 3 is 2.29 bits per heavy atom. The number of anilines is 1. The van der Waals surface area contributed by atoms with Crippen molar-refractivity contribution in [3.63, 3.8) is 0 Å². The Morgan fingerprint density at radius 2 is 1.79 bits per heavy atom. The SMILES string of the molecule is CNc1ncc(C(=O)NC[C@@H](O)c2ccc(C(F)(F)F)cc2)cn1. The molecule has 3 N–H and O–H groups in total. The van der Waals surface area contributed by atoms with Gasteiger partial charge < -0.3 is 15.7 Å². The van der Waals surface area contributed by atoms with Crippen LogP contribution in [-0.4, -0.2) is 34.6 Å². The molecule has 0 unspecified atom stereocenters. The maximum absolute atomic E-state index is 12.5. The molecular weight excluding hydrogens is 325 g/mol. The molecular formula is C15H15F3N4O2. The predicted molar refractivity (Wildman–Crippen MR) is 80.3 cm³/mol. The van der Waals surface area contributed by atoms with Crippen LogP contribution in [0.5, 0.6) is 0 Å². The first-order chi connectivity index (χ1) is 11.3. The molecule has 0 saturated heterocycles. The third-order valence-electron chi connectivity index (χ3n) is 3.22. The van der Waals surface area contributed by atoms with Crippen LogP contribution in [0.4, 0.5) is 19.1 Å². The minimum atomic E-state index is -4.43. The molecule has 128 valence electrons. The van der Waals surface area contributed by atoms with E-state index in [0.717, 1.165) is 12.1 Å². The molecule has 0 radical (unpaired) electrons. The van der Waals surface area contributed by atoms with Crippen LogP contribution >= 0.6 is 0 Å². The van der Waals surface area contributed by atoms with E-state index in [4.69, 9.17) is 0 Å². The molecule has 0 saturated carbocycles. The maximum atomic E-state index is 12.5. The van der Waals surface area contributed by atoms with Crippen LogP contribution in [0.3, 0.4) is 0 Å². The largest absolute Gasteiger partial charge is 0.416 e. The molecule has 0 bridgehead atoms. The average Bonchev–Trinajstić information content (AvgIpc) is 2.58. The Balaban J connectivity index is 1.94. The van der Waals surface area contributed by atoms with E-state index in [0.29, 0.717) is 5.95 Å². The van der Waals surface area contributed by atoms with E-state index >= 15 is 0 Å². The van der Waals surface area contributed by atoms with Gasteiger partial charge in [-0.1, -0.05) is 12.1 Å². The lowest BCUT2D eigenvalue weighted by atomic mass is 10.1. The van der Waals surface area contributed by atoms with Gasteiger partial charge in [0.15, 0.2) is 0 Å². The fraction of sp³-hybridized carbons (Fsp3) is 0.267. The van der Waals surface area contributed by atoms with Gasteiger partial charge in [0.05, 0.1) is 17.2 Å². The van der Waals surface area contributed by atoms with Gasteiger partial charge in [0, 0.05) is 26.0 Å². The van der Waals surface area contributed by atoms with Crippen molar-refractivity contribution in [1.29, 1.82) is 0 Å². The lowest BCUT2D eigenvalue weighted by Crippen LogP contribution is -2.28. The van der Waals surface area contributed by atoms with Gasteiger partial charge in [0.1, 0.15) is 0 Å². The summed E-state index contributed by atoms with van der Waals surface area (Å²) in [5, 5.41) is 15.1. The van der Waals surface area contributed by atoms with Crippen LogP contribution in [-0.2, 0) is 6.18 Å². The van der Waals surface area contributed by atoms with Gasteiger partial charge in [-0.25, -0.2) is 9.97 Å². The number of hydrogen-bond donors (Lipinski definition) is 3. The van der Waals surface area contributed by atoms with E-state index in [1.54, 1.807) is 7.05 Å². The molecule has 0 aliphatic heterocycles. The first kappa shape index (κ1) is 17.7. The maximum Gasteiger partial charge on any atom is 0.416 e. The molecule has 0 spiro atoms. The predicted octanol–water partition coefficient (Wildman–Crippen LogP) is 2.00. The number of carbonyl (C=O) groups is 1. The Labute approximate surface area is 135 Å². The van der Waals surface area contributed by atoms with Crippen LogP contribution in [0.15, 0.2) is 36.7 Å². The highest BCUT2D eigenvalue weighted by atomic mass is 19.4. The zero-order chi connectivity index (χ0) is 17.7. The molecule has 2 aromatic rings. The number of carbonyl (C=O) groups excluding carboxylic acids is 1. The number of amides is 1. The number of nitrogens with one attached hydrogen (secondary N) is 2. The minimum absolute atomic E-state index is 0.155. The highest BCUT2D eigenvalue weighted by Gasteiger charge is 2.30. The average molecular weight is 340 g/mol. The zero-order valence-corrected chi connectivity index (χ0v) is 12.6. The third kappa shape index (κ3) is 4.42. The second kappa shape index (κ2) is 7.26. The van der Waals surface area contributed by atoms with Crippen LogP contribution in [0.1, 0.15) is 27.6 Å². The van der Waals surface area contributed by atoms with Crippen LogP contribution in [0.2, 0.25) is 0 Å². The van der Waals surface area contributed by atoms with Gasteiger partial charge in [-0.2, -0.15) is 13.2 Å². The van der Waals surface area contributed by atoms with Gasteiger partial charge in [0.2, 0.25) is 5.95 Å². The van der Waals surface area contributed by atoms with Gasteiger partial charge in [-0.3, -0.25) is 4.79 Å². The minimum Gasteiger partial charge on any atom is -0.387 e. The molecule has 1 amide bonds. The monoisotopic (exact) mass is 340 g/mol. The summed E-state index contributed by atoms with van der Waals surface area (Å²) in [4.78, 5) is 19.7. The molecule has 1 atom stereocenters. The van der Waals surface area contributed by atoms with Crippen molar-refractivity contribution >= 4 is 11.9 Å². The summed E-state index contributed by atoms with van der Waals surface area (Å²) in [7, 11) is 1.63. The second-order valence-electron chi connectivity index (χ2n) is 4.89. The van der Waals surface area contributed by atoms with Gasteiger partial charge in [0.25, 0.3) is 5.91 Å². The number of aliphatic hydroxyl groups is 1. The van der Waals surface area contributed by atoms with Gasteiger partial charge >= 0.3 is 6.18 Å². The molecule has 0 aliphatic rings. The number of benzene rings is 1. The van der Waals surface area contributed by atoms with Gasteiger partial charge in [-0.05, 0) is 17.7 Å². The normalized spacial score (nSPS) is 12.5. The number of alkyl halides is 3. The Morgan fingerprint density at radius 1 is 1.21 bits per heavy atom. The van der Waals surface area contributed by atoms with Crippen molar-refractivity contribution in [2.75, 3.05) is 18.9 Å². The summed E-state index contributed by atoms with van der Waals surface area (Å²) >= 11 is 0. The van der Waals surface area contributed by atoms with Crippen LogP contribution in [0.25, 0.3) is 0 Å². The lowest BCUT2D eigenvalue weighted by molar-refractivity contribution is -0.137. The van der Waals surface area contributed by atoms with E-state index in [-0.39, 0.29) is 17.7 Å². The number of halogens is 3. The van der Waals surface area contributed by atoms with Crippen molar-refractivity contribution in [2.24, 2.45) is 0 Å². The van der Waals surface area contributed by atoms with Gasteiger partial charge in [-0.15, -0.1) is 0 Å². The summed E-state index contributed by atoms with van der Waals surface area (Å²) in [6, 6.07) is 4.10. The highest BCUT2D eigenvalue weighted by molar-refractivity contribution is 5.93. The zero-order valence-electron chi connectivity index (χ0n) is 12.6. The molecule has 6 nitrogen and oxygen atoms in total. The van der Waals surface area contributed by atoms with E-state index in [9.17, 15) is 23.1 Å². The number of rotatable bonds is 5. The van der Waals surface area contributed by atoms with Crippen molar-refractivity contribution in [1.82, 2.24) is 15.3 Å². The Bertz CT molecular complexity index is 687. The Kier molecular flexibility index (Phi) is 5.35. The summed E-state index contributed by atoms with van der Waals surface area (Å²) in [5.41, 5.74) is -0.331. The van der Waals surface area contributed by atoms with E-state index in [2.05, 4.69) is 20.6 Å². The van der Waals surface area contributed by atoms with Crippen molar-refractivity contribution in [3.8, 4) is 0 Å². The van der Waals surface area contributed by atoms with Crippen molar-refractivity contribution in [3.05, 3.63) is 53.3 Å². The summed E-state index contributed by atoms with van der Waals surface area (Å²) < 4.78 is 37.4. The molecule has 2 rings (SSSR count). The summed E-state index contributed by atoms with van der Waals surface area (Å²) in [6.07, 6.45) is -2.93. The molecule has 1 aromatic heterocycles. The number of nitrogens with zero attached hydrogens (tertiary/aromatic N) is 2. The summed E-state index contributed by atoms with van der Waals surface area (Å²) in [6.45, 7) is -0.155. The van der Waals surface area contributed by atoms with E-state index in [1.807, 2.05) is 0 Å². The third-order valence-corrected chi connectivity index (χ3v) is 3.22. The Hall–Kier alpha value is -2.68. The first-order valence-electron chi connectivity index (χ1n) is 6.94. The fourth-order valence-electron chi connectivity index (χ4n) is 1.88. The van der Waals surface area contributed by atoms with Crippen LogP contribution < -0.4 is 10.6 Å². The molecule has 1 aromatic carbocycles. The van der Waals surface area contributed by atoms with E-state index < -0.39 is 23.8 Å². The number of hydrogen-bond acceptors (Lipinski definition) is 5. The molecule has 1 heterocycles. The summed E-state index contributed by atoms with van der Waals surface area (Å²) in [5.74, 6) is -0.139. The number of aromatic nitrogens is 2. The quantitative estimate of drug-likeness (QED) is 0.775. The standard InChI is InChI=1S/C15H15F3N4O2/c1-19-14-21-6-10(7-22-14)13(24)20-8-12(23)9-2-4-11(5-3-9)15(16,17)18/h2-7,12,23H,8H2,1H3,(H,20,24)(H,19,21,22)/t12-/m1/s1. The van der Waals surface area contributed by atoms with Crippen LogP contribution in [0, 0.1) is 0 Å². The van der Waals surface area contributed by atoms with Crippen molar-refractivity contribution in [2.45, 2.75) is 12.3 Å². The fourth-order valence-corrected chi connectivity index (χ4v) is 1.88. The number of aliphatic hydroxyl groups excluding tert-OH is 1. The van der Waals surface area contributed by atoms with Crippen molar-refractivity contribution < 1.29 is 23.1 Å². The highest BCUT2D eigenvalue weighted by Crippen LogP contribution is 2.29. The lowest BCUT2D eigenvalue weighted by Gasteiger charge is -2.13. The molecule has 24 heavy (non-hydrogen) atoms. The first-order valence-corrected chi connectivity index (χ1v) is 6.94. The second-order valence-corrected chi connectivity index (χ2v) is 4.89. The molecule has 9 heteroatoms. The smallest absolute Gasteiger partial charge is 0.387 e.